The molecule has 3 N–H and O–H groups in total. The maximum absolute atomic E-state index is 12.6. The Morgan fingerprint density at radius 1 is 1.09 bits per heavy atom. The summed E-state index contributed by atoms with van der Waals surface area (Å²) < 4.78 is 0. The molecule has 6 heteroatoms. The fourth-order valence-electron chi connectivity index (χ4n) is 4.40. The number of carbonyl (C=O) groups is 3. The van der Waals surface area contributed by atoms with Crippen LogP contribution >= 0.6 is 0 Å². The molecule has 3 rings (SSSR count). The number of likely N-dealkylation sites (tertiary alicyclic amines) is 1. The molecule has 1 aliphatic heterocycles. The molecule has 1 unspecified atom stereocenters. The molecule has 1 saturated heterocycles. The minimum atomic E-state index is -0.904. The number of amides is 3. The number of nitrogens with two attached hydrogens (primary N) is 1. The van der Waals surface area contributed by atoms with Gasteiger partial charge in [-0.3, -0.25) is 14.4 Å². The van der Waals surface area contributed by atoms with Gasteiger partial charge in [0.2, 0.25) is 17.7 Å². The first-order valence-corrected chi connectivity index (χ1v) is 8.93. The second kappa shape index (κ2) is 6.49. The lowest BCUT2D eigenvalue weighted by Gasteiger charge is -2.35. The monoisotopic (exact) mass is 321 g/mol. The van der Waals surface area contributed by atoms with Gasteiger partial charge in [-0.1, -0.05) is 32.1 Å². The van der Waals surface area contributed by atoms with E-state index in [1.807, 2.05) is 4.90 Å². The average Bonchev–Trinajstić information content (AvgIpc) is 3.17. The zero-order chi connectivity index (χ0) is 16.4. The Labute approximate surface area is 137 Å². The van der Waals surface area contributed by atoms with Crippen molar-refractivity contribution in [3.8, 4) is 0 Å². The maximum Gasteiger partial charge on any atom is 0.243 e. The Morgan fingerprint density at radius 2 is 1.74 bits per heavy atom. The first kappa shape index (κ1) is 16.3. The third kappa shape index (κ3) is 3.21. The largest absolute Gasteiger partial charge is 0.368 e. The van der Waals surface area contributed by atoms with Crippen LogP contribution in [0.5, 0.6) is 0 Å². The highest BCUT2D eigenvalue weighted by Gasteiger charge is 2.44. The number of primary amides is 1. The molecule has 0 aromatic rings. The van der Waals surface area contributed by atoms with Crippen LogP contribution in [-0.2, 0) is 14.4 Å². The highest BCUT2D eigenvalue weighted by Crippen LogP contribution is 2.32. The lowest BCUT2D eigenvalue weighted by Crippen LogP contribution is -2.59. The smallest absolute Gasteiger partial charge is 0.243 e. The van der Waals surface area contributed by atoms with Gasteiger partial charge in [0.15, 0.2) is 0 Å². The molecule has 1 heterocycles. The predicted octanol–water partition coefficient (Wildman–Crippen LogP) is 1.08. The van der Waals surface area contributed by atoms with Crippen LogP contribution in [0, 0.1) is 5.92 Å². The minimum absolute atomic E-state index is 0.0776. The summed E-state index contributed by atoms with van der Waals surface area (Å²) in [5.74, 6) is -0.892. The molecule has 23 heavy (non-hydrogen) atoms. The SMILES string of the molecule is NC(=O)C1(NC(=O)C2CC(=O)N(C3CCCC3)C2)CCCCC1. The fourth-order valence-corrected chi connectivity index (χ4v) is 4.40. The summed E-state index contributed by atoms with van der Waals surface area (Å²) in [4.78, 5) is 38.6. The van der Waals surface area contributed by atoms with Crippen molar-refractivity contribution >= 4 is 17.7 Å². The molecule has 0 spiro atoms. The van der Waals surface area contributed by atoms with Crippen molar-refractivity contribution in [2.75, 3.05) is 6.54 Å². The molecule has 6 nitrogen and oxygen atoms in total. The normalized spacial score (nSPS) is 28.1. The number of nitrogens with zero attached hydrogens (tertiary/aromatic N) is 1. The summed E-state index contributed by atoms with van der Waals surface area (Å²) in [5, 5.41) is 2.91. The van der Waals surface area contributed by atoms with Gasteiger partial charge in [-0.05, 0) is 25.7 Å². The molecule has 2 saturated carbocycles. The predicted molar refractivity (Wildman–Crippen MR) is 85.2 cm³/mol. The Morgan fingerprint density at radius 3 is 2.35 bits per heavy atom. The molecular weight excluding hydrogens is 294 g/mol. The van der Waals surface area contributed by atoms with Crippen molar-refractivity contribution in [1.29, 1.82) is 0 Å². The third-order valence-corrected chi connectivity index (χ3v) is 5.84. The van der Waals surface area contributed by atoms with Gasteiger partial charge in [-0.15, -0.1) is 0 Å². The first-order valence-electron chi connectivity index (χ1n) is 8.93. The summed E-state index contributed by atoms with van der Waals surface area (Å²) in [5.41, 5.74) is 4.67. The Hall–Kier alpha value is -1.59. The van der Waals surface area contributed by atoms with Gasteiger partial charge in [-0.2, -0.15) is 0 Å². The zero-order valence-corrected chi connectivity index (χ0v) is 13.7. The fraction of sp³-hybridized carbons (Fsp3) is 0.824. The zero-order valence-electron chi connectivity index (χ0n) is 13.7. The molecule has 0 bridgehead atoms. The van der Waals surface area contributed by atoms with Gasteiger partial charge in [-0.25, -0.2) is 0 Å². The topological polar surface area (TPSA) is 92.5 Å². The molecule has 0 radical (unpaired) electrons. The molecule has 3 aliphatic rings. The molecule has 3 fully saturated rings. The summed E-state index contributed by atoms with van der Waals surface area (Å²) in [6.07, 6.45) is 8.78. The average molecular weight is 321 g/mol. The molecule has 1 atom stereocenters. The van der Waals surface area contributed by atoms with Crippen molar-refractivity contribution in [3.05, 3.63) is 0 Å². The van der Waals surface area contributed by atoms with Crippen LogP contribution in [0.1, 0.15) is 64.2 Å². The van der Waals surface area contributed by atoms with Gasteiger partial charge in [0.1, 0.15) is 5.54 Å². The lowest BCUT2D eigenvalue weighted by molar-refractivity contribution is -0.135. The van der Waals surface area contributed by atoms with Gasteiger partial charge in [0.25, 0.3) is 0 Å². The number of hydrogen-bond donors (Lipinski definition) is 2. The number of rotatable bonds is 4. The van der Waals surface area contributed by atoms with Crippen LogP contribution < -0.4 is 11.1 Å². The Bertz CT molecular complexity index is 493. The molecule has 3 amide bonds. The molecule has 2 aliphatic carbocycles. The van der Waals surface area contributed by atoms with E-state index < -0.39 is 11.4 Å². The highest BCUT2D eigenvalue weighted by molar-refractivity contribution is 5.94. The standard InChI is InChI=1S/C17H27N3O3/c18-16(23)17(8-4-1-5-9-17)19-15(22)12-10-14(21)20(11-12)13-6-2-3-7-13/h12-13H,1-11H2,(H2,18,23)(H,19,22). The van der Waals surface area contributed by atoms with Crippen LogP contribution in [0.2, 0.25) is 0 Å². The van der Waals surface area contributed by atoms with Crippen LogP contribution in [0.4, 0.5) is 0 Å². The van der Waals surface area contributed by atoms with Gasteiger partial charge >= 0.3 is 0 Å². The molecule has 0 aromatic heterocycles. The number of nitrogens with one attached hydrogen (secondary N) is 1. The van der Waals surface area contributed by atoms with Gasteiger partial charge in [0, 0.05) is 19.0 Å². The van der Waals surface area contributed by atoms with E-state index in [4.69, 9.17) is 5.73 Å². The van der Waals surface area contributed by atoms with E-state index >= 15 is 0 Å². The lowest BCUT2D eigenvalue weighted by atomic mass is 9.80. The second-order valence-corrected chi connectivity index (χ2v) is 7.38. The maximum atomic E-state index is 12.6. The molecule has 128 valence electrons. The Kier molecular flexibility index (Phi) is 4.60. The minimum Gasteiger partial charge on any atom is -0.368 e. The third-order valence-electron chi connectivity index (χ3n) is 5.84. The molecule has 0 aromatic carbocycles. The highest BCUT2D eigenvalue weighted by atomic mass is 16.2. The second-order valence-electron chi connectivity index (χ2n) is 7.38. The van der Waals surface area contributed by atoms with E-state index in [1.54, 1.807) is 0 Å². The van der Waals surface area contributed by atoms with Crippen molar-refractivity contribution in [2.24, 2.45) is 11.7 Å². The Balaban J connectivity index is 1.63. The van der Waals surface area contributed by atoms with E-state index in [0.29, 0.717) is 25.4 Å². The number of hydrogen-bond acceptors (Lipinski definition) is 3. The van der Waals surface area contributed by atoms with E-state index in [9.17, 15) is 14.4 Å². The quantitative estimate of drug-likeness (QED) is 0.811. The van der Waals surface area contributed by atoms with Crippen molar-refractivity contribution < 1.29 is 14.4 Å². The van der Waals surface area contributed by atoms with Crippen molar-refractivity contribution in [2.45, 2.75) is 75.8 Å². The van der Waals surface area contributed by atoms with Gasteiger partial charge < -0.3 is 16.0 Å². The van der Waals surface area contributed by atoms with Crippen LogP contribution in [0.15, 0.2) is 0 Å². The van der Waals surface area contributed by atoms with Crippen LogP contribution in [-0.4, -0.2) is 40.7 Å². The first-order chi connectivity index (χ1) is 11.0. The number of carbonyl (C=O) groups excluding carboxylic acids is 3. The van der Waals surface area contributed by atoms with E-state index in [0.717, 1.165) is 44.9 Å². The summed E-state index contributed by atoms with van der Waals surface area (Å²) in [6, 6.07) is 0.306. The summed E-state index contributed by atoms with van der Waals surface area (Å²) >= 11 is 0. The van der Waals surface area contributed by atoms with Crippen molar-refractivity contribution in [1.82, 2.24) is 10.2 Å². The van der Waals surface area contributed by atoms with Crippen molar-refractivity contribution in [3.63, 3.8) is 0 Å². The molecular formula is C17H27N3O3. The van der Waals surface area contributed by atoms with Crippen LogP contribution in [0.25, 0.3) is 0 Å². The van der Waals surface area contributed by atoms with Crippen LogP contribution in [0.3, 0.4) is 0 Å². The van der Waals surface area contributed by atoms with E-state index in [1.165, 1.54) is 0 Å². The van der Waals surface area contributed by atoms with E-state index in [-0.39, 0.29) is 24.2 Å². The summed E-state index contributed by atoms with van der Waals surface area (Å²) in [7, 11) is 0. The van der Waals surface area contributed by atoms with Gasteiger partial charge in [0.05, 0.1) is 5.92 Å². The summed E-state index contributed by atoms with van der Waals surface area (Å²) in [6.45, 7) is 0.490. The van der Waals surface area contributed by atoms with E-state index in [2.05, 4.69) is 5.32 Å².